The first kappa shape index (κ1) is 24.9. The molecule has 0 saturated heterocycles. The van der Waals surface area contributed by atoms with E-state index in [9.17, 15) is 9.18 Å². The van der Waals surface area contributed by atoms with Crippen LogP contribution in [0.15, 0.2) is 83.4 Å². The average Bonchev–Trinajstić information content (AvgIpc) is 3.30. The molecule has 8 heteroatoms. The zero-order valence-corrected chi connectivity index (χ0v) is 20.7. The zero-order valence-electron chi connectivity index (χ0n) is 20.7. The van der Waals surface area contributed by atoms with Gasteiger partial charge >= 0.3 is 0 Å². The van der Waals surface area contributed by atoms with Crippen molar-refractivity contribution >= 4 is 23.3 Å². The molecule has 0 bridgehead atoms. The Bertz CT molecular complexity index is 1430. The molecule has 1 aliphatic rings. The van der Waals surface area contributed by atoms with Crippen LogP contribution in [-0.2, 0) is 5.54 Å². The lowest BCUT2D eigenvalue weighted by Gasteiger charge is -2.27. The minimum Gasteiger partial charge on any atom is -0.352 e. The van der Waals surface area contributed by atoms with Crippen LogP contribution in [0.1, 0.15) is 37.6 Å². The molecule has 1 aliphatic heterocycles. The minimum absolute atomic E-state index is 0.00876. The summed E-state index contributed by atoms with van der Waals surface area (Å²) in [5.41, 5.74) is 3.47. The number of hydrogen-bond acceptors (Lipinski definition) is 5. The lowest BCUT2D eigenvalue weighted by atomic mass is 9.91. The molecule has 0 fully saturated rings. The number of allylic oxidation sites excluding steroid dienone is 6. The van der Waals surface area contributed by atoms with Gasteiger partial charge in [0.25, 0.3) is 5.91 Å². The normalized spacial score (nSPS) is 18.3. The van der Waals surface area contributed by atoms with Crippen molar-refractivity contribution in [2.24, 2.45) is 4.99 Å². The number of aliphatic imine (C=N–C) groups is 1. The van der Waals surface area contributed by atoms with Gasteiger partial charge in [0.2, 0.25) is 0 Å². The topological polar surface area (TPSA) is 85.1 Å². The number of aromatic nitrogens is 4. The van der Waals surface area contributed by atoms with Crippen LogP contribution >= 0.6 is 0 Å². The van der Waals surface area contributed by atoms with Crippen molar-refractivity contribution in [3.63, 3.8) is 0 Å². The second kappa shape index (κ2) is 10.6. The molecular weight excluding hydrogens is 455 g/mol. The van der Waals surface area contributed by atoms with Crippen LogP contribution in [0.3, 0.4) is 0 Å². The van der Waals surface area contributed by atoms with Crippen molar-refractivity contribution in [3.8, 4) is 11.3 Å². The fraction of sp³-hybridized carbons (Fsp3) is 0.250. The van der Waals surface area contributed by atoms with Crippen LogP contribution in [0, 0.1) is 5.82 Å². The smallest absolute Gasteiger partial charge is 0.254 e. The second-order valence-corrected chi connectivity index (χ2v) is 9.00. The minimum atomic E-state index is -0.622. The summed E-state index contributed by atoms with van der Waals surface area (Å²) in [4.78, 5) is 21.3. The van der Waals surface area contributed by atoms with Gasteiger partial charge in [-0.1, -0.05) is 43.0 Å². The molecule has 36 heavy (non-hydrogen) atoms. The predicted octanol–water partition coefficient (Wildman–Crippen LogP) is 5.19. The molecule has 1 aromatic carbocycles. The van der Waals surface area contributed by atoms with Crippen molar-refractivity contribution < 1.29 is 9.18 Å². The van der Waals surface area contributed by atoms with Gasteiger partial charge in [-0.15, -0.1) is 5.10 Å². The number of carbonyl (C=O) groups is 1. The summed E-state index contributed by atoms with van der Waals surface area (Å²) >= 11 is 0. The summed E-state index contributed by atoms with van der Waals surface area (Å²) in [6, 6.07) is 8.09. The lowest BCUT2D eigenvalue weighted by molar-refractivity contribution is 0.0949. The van der Waals surface area contributed by atoms with E-state index in [1.807, 2.05) is 57.2 Å². The van der Waals surface area contributed by atoms with Gasteiger partial charge in [0, 0.05) is 18.3 Å². The Kier molecular flexibility index (Phi) is 7.33. The van der Waals surface area contributed by atoms with Crippen LogP contribution in [-0.4, -0.2) is 45.2 Å². The molecule has 3 aromatic rings. The van der Waals surface area contributed by atoms with E-state index in [1.54, 1.807) is 23.0 Å². The standard InChI is InChI=1S/C28H29FN6O/c1-5-14-31-27(36)22-11-10-20(18-23(22)29)24-12-13-25-26(32-24)35(34-33-25)28(3,4)21-9-7-16-30-15-6-8-19(2)17-21/h6-13,15,17-18H,2,5,14,16H2,1,3-4H3,(H,31,36)/b8-6-,9-7-,21-17+,30-15-. The van der Waals surface area contributed by atoms with E-state index < -0.39 is 17.3 Å². The van der Waals surface area contributed by atoms with E-state index in [2.05, 4.69) is 27.2 Å². The van der Waals surface area contributed by atoms with Crippen molar-refractivity contribution in [1.29, 1.82) is 0 Å². The van der Waals surface area contributed by atoms with Crippen molar-refractivity contribution in [1.82, 2.24) is 25.3 Å². The lowest BCUT2D eigenvalue weighted by Crippen LogP contribution is -2.30. The molecule has 0 spiro atoms. The molecule has 0 saturated carbocycles. The van der Waals surface area contributed by atoms with Crippen LogP contribution in [0.5, 0.6) is 0 Å². The highest BCUT2D eigenvalue weighted by atomic mass is 19.1. The molecule has 1 amide bonds. The van der Waals surface area contributed by atoms with Gasteiger partial charge in [0.15, 0.2) is 5.65 Å². The fourth-order valence-electron chi connectivity index (χ4n) is 3.87. The summed E-state index contributed by atoms with van der Waals surface area (Å²) in [5.74, 6) is -1.02. The van der Waals surface area contributed by atoms with Gasteiger partial charge in [0.1, 0.15) is 11.3 Å². The van der Waals surface area contributed by atoms with E-state index in [1.165, 1.54) is 12.1 Å². The number of halogens is 1. The summed E-state index contributed by atoms with van der Waals surface area (Å²) in [7, 11) is 0. The van der Waals surface area contributed by atoms with Crippen molar-refractivity contribution in [3.05, 3.63) is 89.8 Å². The Morgan fingerprint density at radius 2 is 2.06 bits per heavy atom. The third-order valence-electron chi connectivity index (χ3n) is 5.93. The van der Waals surface area contributed by atoms with Gasteiger partial charge in [-0.3, -0.25) is 9.79 Å². The third-order valence-corrected chi connectivity index (χ3v) is 5.93. The third kappa shape index (κ3) is 5.22. The average molecular weight is 485 g/mol. The number of nitrogens with one attached hydrogen (secondary N) is 1. The van der Waals surface area contributed by atoms with Crippen LogP contribution in [0.4, 0.5) is 4.39 Å². The first-order valence-corrected chi connectivity index (χ1v) is 11.9. The van der Waals surface area contributed by atoms with Gasteiger partial charge in [-0.2, -0.15) is 0 Å². The Hall–Kier alpha value is -4.20. The Morgan fingerprint density at radius 1 is 1.22 bits per heavy atom. The van der Waals surface area contributed by atoms with Crippen molar-refractivity contribution in [2.45, 2.75) is 32.7 Å². The maximum Gasteiger partial charge on any atom is 0.254 e. The van der Waals surface area contributed by atoms with Crippen LogP contribution in [0.25, 0.3) is 22.4 Å². The van der Waals surface area contributed by atoms with Crippen LogP contribution in [0.2, 0.25) is 0 Å². The molecule has 0 radical (unpaired) electrons. The monoisotopic (exact) mass is 484 g/mol. The predicted molar refractivity (Wildman–Crippen MR) is 142 cm³/mol. The number of hydrogen-bond donors (Lipinski definition) is 1. The quantitative estimate of drug-likeness (QED) is 0.522. The summed E-state index contributed by atoms with van der Waals surface area (Å²) in [5, 5.41) is 11.4. The van der Waals surface area contributed by atoms with Gasteiger partial charge in [-0.25, -0.2) is 14.1 Å². The highest BCUT2D eigenvalue weighted by molar-refractivity contribution is 5.95. The van der Waals surface area contributed by atoms with E-state index in [4.69, 9.17) is 4.98 Å². The molecule has 184 valence electrons. The molecule has 0 unspecified atom stereocenters. The van der Waals surface area contributed by atoms with Crippen LogP contribution < -0.4 is 5.32 Å². The zero-order chi connectivity index (χ0) is 25.7. The number of pyridine rings is 1. The maximum absolute atomic E-state index is 14.8. The largest absolute Gasteiger partial charge is 0.352 e. The highest BCUT2D eigenvalue weighted by Crippen LogP contribution is 2.31. The van der Waals surface area contributed by atoms with Gasteiger partial charge < -0.3 is 5.32 Å². The first-order chi connectivity index (χ1) is 17.3. The molecule has 0 atom stereocenters. The number of carbonyl (C=O) groups excluding carboxylic acids is 1. The van der Waals surface area contributed by atoms with E-state index >= 15 is 0 Å². The number of rotatable bonds is 6. The molecule has 0 aliphatic carbocycles. The van der Waals surface area contributed by atoms with Gasteiger partial charge in [0.05, 0.1) is 23.3 Å². The molecule has 4 rings (SSSR count). The highest BCUT2D eigenvalue weighted by Gasteiger charge is 2.28. The molecule has 2 aromatic heterocycles. The molecule has 3 heterocycles. The fourth-order valence-corrected chi connectivity index (χ4v) is 3.87. The number of fused-ring (bicyclic) bond motifs is 1. The molecule has 1 N–H and O–H groups in total. The van der Waals surface area contributed by atoms with Crippen molar-refractivity contribution in [2.75, 3.05) is 13.1 Å². The Labute approximate surface area is 209 Å². The SMILES string of the molecule is C=C1/C=C\C=N/C/C=C\C(C(C)(C)n2nnc3ccc(-c4ccc(C(=O)NCCC)c(F)c4)nc32)=C/1. The summed E-state index contributed by atoms with van der Waals surface area (Å²) in [6.45, 7) is 11.2. The summed E-state index contributed by atoms with van der Waals surface area (Å²) < 4.78 is 16.6. The molecule has 7 nitrogen and oxygen atoms in total. The number of nitrogens with zero attached hydrogens (tertiary/aromatic N) is 5. The summed E-state index contributed by atoms with van der Waals surface area (Å²) in [6.07, 6.45) is 12.3. The van der Waals surface area contributed by atoms with E-state index in [0.717, 1.165) is 17.6 Å². The van der Waals surface area contributed by atoms with E-state index in [-0.39, 0.29) is 5.56 Å². The first-order valence-electron chi connectivity index (χ1n) is 11.9. The number of benzene rings is 1. The maximum atomic E-state index is 14.8. The Morgan fingerprint density at radius 3 is 2.83 bits per heavy atom. The number of amides is 1. The second-order valence-electron chi connectivity index (χ2n) is 9.00. The van der Waals surface area contributed by atoms with Gasteiger partial charge in [-0.05, 0) is 67.8 Å². The molecular formula is C28H29FN6O. The Balaban J connectivity index is 1.72. The van der Waals surface area contributed by atoms with E-state index in [0.29, 0.717) is 35.5 Å².